The van der Waals surface area contributed by atoms with Crippen molar-refractivity contribution in [1.29, 1.82) is 0 Å². The summed E-state index contributed by atoms with van der Waals surface area (Å²) in [5.41, 5.74) is 10.5. The first-order valence-electron chi connectivity index (χ1n) is 17.7. The van der Waals surface area contributed by atoms with Gasteiger partial charge in [0.15, 0.2) is 0 Å². The van der Waals surface area contributed by atoms with Crippen molar-refractivity contribution in [2.75, 3.05) is 4.90 Å². The zero-order chi connectivity index (χ0) is 34.4. The molecule has 52 heavy (non-hydrogen) atoms. The number of fused-ring (bicyclic) bond motifs is 5. The summed E-state index contributed by atoms with van der Waals surface area (Å²) in [5, 5.41) is 7.63. The molecule has 0 spiro atoms. The third-order valence-corrected chi connectivity index (χ3v) is 11.4. The van der Waals surface area contributed by atoms with Gasteiger partial charge >= 0.3 is 0 Å². The second-order valence-electron chi connectivity index (χ2n) is 13.4. The first kappa shape index (κ1) is 30.4. The van der Waals surface area contributed by atoms with E-state index in [1.807, 2.05) is 11.3 Å². The summed E-state index contributed by atoms with van der Waals surface area (Å²) in [5.74, 6) is 0. The number of thiophene rings is 1. The summed E-state index contributed by atoms with van der Waals surface area (Å²) in [7, 11) is 0. The van der Waals surface area contributed by atoms with Crippen LogP contribution < -0.4 is 4.90 Å². The molecule has 0 saturated heterocycles. The van der Waals surface area contributed by atoms with Gasteiger partial charge in [0.2, 0.25) is 0 Å². The SMILES string of the molecule is c1cc(-c2ccc3ccccc3c2)cc(N(c2ccc(-c3ccc4c(c3)sc3ccccc34)cc2)c2ccccc2-c2ccc3ccccc3c2)c1. The topological polar surface area (TPSA) is 3.24 Å². The van der Waals surface area contributed by atoms with E-state index < -0.39 is 0 Å². The first-order valence-corrected chi connectivity index (χ1v) is 18.6. The lowest BCUT2D eigenvalue weighted by Gasteiger charge is -2.28. The predicted octanol–water partition coefficient (Wildman–Crippen LogP) is 14.8. The van der Waals surface area contributed by atoms with Crippen LogP contribution in [0.25, 0.3) is 75.1 Å². The Bertz CT molecular complexity index is 2920. The molecule has 2 heteroatoms. The van der Waals surface area contributed by atoms with Gasteiger partial charge in [-0.1, -0.05) is 146 Å². The molecule has 0 aliphatic rings. The van der Waals surface area contributed by atoms with Crippen molar-refractivity contribution in [3.05, 3.63) is 200 Å². The molecule has 244 valence electrons. The smallest absolute Gasteiger partial charge is 0.0540 e. The largest absolute Gasteiger partial charge is 0.310 e. The van der Waals surface area contributed by atoms with Gasteiger partial charge in [-0.05, 0) is 104 Å². The van der Waals surface area contributed by atoms with Crippen molar-refractivity contribution in [2.24, 2.45) is 0 Å². The molecule has 0 aliphatic carbocycles. The first-order chi connectivity index (χ1) is 25.7. The molecule has 0 fully saturated rings. The Morgan fingerprint density at radius 2 is 0.885 bits per heavy atom. The number of rotatable bonds is 6. The van der Waals surface area contributed by atoms with E-state index in [1.54, 1.807) is 0 Å². The van der Waals surface area contributed by atoms with Crippen molar-refractivity contribution in [1.82, 2.24) is 0 Å². The molecule has 10 aromatic rings. The predicted molar refractivity (Wildman–Crippen MR) is 225 cm³/mol. The molecule has 0 aliphatic heterocycles. The molecule has 0 bridgehead atoms. The highest BCUT2D eigenvalue weighted by Crippen LogP contribution is 2.43. The van der Waals surface area contributed by atoms with Crippen LogP contribution in [0.5, 0.6) is 0 Å². The van der Waals surface area contributed by atoms with Crippen molar-refractivity contribution < 1.29 is 0 Å². The highest BCUT2D eigenvalue weighted by Gasteiger charge is 2.18. The molecular weight excluding hydrogens is 647 g/mol. The molecule has 10 rings (SSSR count). The number of nitrogens with zero attached hydrogens (tertiary/aromatic N) is 1. The number of anilines is 3. The van der Waals surface area contributed by atoms with Crippen LogP contribution in [-0.4, -0.2) is 0 Å². The van der Waals surface area contributed by atoms with Crippen LogP contribution >= 0.6 is 11.3 Å². The van der Waals surface area contributed by atoms with E-state index in [0.29, 0.717) is 0 Å². The van der Waals surface area contributed by atoms with Crippen molar-refractivity contribution >= 4 is 70.1 Å². The molecule has 0 unspecified atom stereocenters. The average molecular weight is 680 g/mol. The minimum Gasteiger partial charge on any atom is -0.310 e. The van der Waals surface area contributed by atoms with Crippen LogP contribution in [0.3, 0.4) is 0 Å². The second kappa shape index (κ2) is 12.7. The Morgan fingerprint density at radius 1 is 0.308 bits per heavy atom. The van der Waals surface area contributed by atoms with Crippen LogP contribution in [0, 0.1) is 0 Å². The molecule has 1 nitrogen and oxygen atoms in total. The van der Waals surface area contributed by atoms with Gasteiger partial charge in [0.05, 0.1) is 5.69 Å². The van der Waals surface area contributed by atoms with Crippen LogP contribution in [0.15, 0.2) is 200 Å². The monoisotopic (exact) mass is 679 g/mol. The van der Waals surface area contributed by atoms with E-state index >= 15 is 0 Å². The van der Waals surface area contributed by atoms with Crippen molar-refractivity contribution in [3.63, 3.8) is 0 Å². The number of benzene rings is 9. The standard InChI is InChI=1S/C50H33NS/c1-3-12-37-30-40(22-20-34(37)10-1)39-14-9-15-44(32-39)51(48-18-7-5-16-45(48)42-23-21-35-11-2-4-13-38(35)31-42)43-27-24-36(25-28-43)41-26-29-47-46-17-6-8-19-49(46)52-50(47)33-41/h1-33H. The number of hydrogen-bond donors (Lipinski definition) is 0. The number of para-hydroxylation sites is 1. The van der Waals surface area contributed by atoms with Gasteiger partial charge in [0.1, 0.15) is 0 Å². The zero-order valence-corrected chi connectivity index (χ0v) is 29.2. The summed E-state index contributed by atoms with van der Waals surface area (Å²) in [6.07, 6.45) is 0. The van der Waals surface area contributed by atoms with Gasteiger partial charge in [-0.25, -0.2) is 0 Å². The second-order valence-corrected chi connectivity index (χ2v) is 14.5. The van der Waals surface area contributed by atoms with E-state index in [9.17, 15) is 0 Å². The summed E-state index contributed by atoms with van der Waals surface area (Å²) in [4.78, 5) is 2.41. The molecule has 1 heterocycles. The summed E-state index contributed by atoms with van der Waals surface area (Å²) < 4.78 is 2.65. The Morgan fingerprint density at radius 3 is 1.69 bits per heavy atom. The molecule has 0 saturated carbocycles. The van der Waals surface area contributed by atoms with Gasteiger partial charge < -0.3 is 4.90 Å². The van der Waals surface area contributed by atoms with E-state index in [1.165, 1.54) is 75.1 Å². The average Bonchev–Trinajstić information content (AvgIpc) is 3.59. The minimum atomic E-state index is 1.11. The Hall–Kier alpha value is -6.48. The molecular formula is C50H33NS. The minimum absolute atomic E-state index is 1.11. The lowest BCUT2D eigenvalue weighted by Crippen LogP contribution is -2.11. The molecule has 9 aromatic carbocycles. The van der Waals surface area contributed by atoms with Crippen molar-refractivity contribution in [3.8, 4) is 33.4 Å². The molecule has 1 aromatic heterocycles. The van der Waals surface area contributed by atoms with Crippen LogP contribution in [0.1, 0.15) is 0 Å². The van der Waals surface area contributed by atoms with Gasteiger partial charge in [-0.15, -0.1) is 11.3 Å². The lowest BCUT2D eigenvalue weighted by molar-refractivity contribution is 1.28. The fourth-order valence-corrected chi connectivity index (χ4v) is 8.74. The normalized spacial score (nSPS) is 11.5. The van der Waals surface area contributed by atoms with Crippen molar-refractivity contribution in [2.45, 2.75) is 0 Å². The molecule has 0 N–H and O–H groups in total. The molecule has 0 radical (unpaired) electrons. The van der Waals surface area contributed by atoms with Gasteiger partial charge in [0, 0.05) is 37.1 Å². The third-order valence-electron chi connectivity index (χ3n) is 10.2. The quantitative estimate of drug-likeness (QED) is 0.169. The lowest BCUT2D eigenvalue weighted by atomic mass is 9.97. The molecule has 0 amide bonds. The maximum atomic E-state index is 2.41. The highest BCUT2D eigenvalue weighted by molar-refractivity contribution is 7.25. The van der Waals surface area contributed by atoms with Gasteiger partial charge in [-0.2, -0.15) is 0 Å². The van der Waals surface area contributed by atoms with Gasteiger partial charge in [0.25, 0.3) is 0 Å². The Labute approximate surface area is 307 Å². The summed E-state index contributed by atoms with van der Waals surface area (Å²) >= 11 is 1.86. The fourth-order valence-electron chi connectivity index (χ4n) is 7.60. The van der Waals surface area contributed by atoms with E-state index in [-0.39, 0.29) is 0 Å². The van der Waals surface area contributed by atoms with E-state index in [4.69, 9.17) is 0 Å². The maximum Gasteiger partial charge on any atom is 0.0540 e. The highest BCUT2D eigenvalue weighted by atomic mass is 32.1. The number of hydrogen-bond acceptors (Lipinski definition) is 2. The zero-order valence-electron chi connectivity index (χ0n) is 28.4. The Balaban J connectivity index is 1.11. The van der Waals surface area contributed by atoms with E-state index in [2.05, 4.69) is 205 Å². The third kappa shape index (κ3) is 5.42. The summed E-state index contributed by atoms with van der Waals surface area (Å²) in [6.45, 7) is 0. The van der Waals surface area contributed by atoms with Crippen LogP contribution in [-0.2, 0) is 0 Å². The van der Waals surface area contributed by atoms with Crippen LogP contribution in [0.2, 0.25) is 0 Å². The molecule has 0 atom stereocenters. The Kier molecular flexibility index (Phi) is 7.41. The van der Waals surface area contributed by atoms with E-state index in [0.717, 1.165) is 17.1 Å². The van der Waals surface area contributed by atoms with Gasteiger partial charge in [-0.3, -0.25) is 0 Å². The van der Waals surface area contributed by atoms with Crippen LogP contribution in [0.4, 0.5) is 17.1 Å². The fraction of sp³-hybridized carbons (Fsp3) is 0. The summed E-state index contributed by atoms with van der Waals surface area (Å²) in [6, 6.07) is 73.1. The maximum absolute atomic E-state index is 2.41.